The minimum atomic E-state index is 0.0783. The van der Waals surface area contributed by atoms with Gasteiger partial charge in [-0.05, 0) is 61.2 Å². The van der Waals surface area contributed by atoms with Gasteiger partial charge in [0.05, 0.1) is 5.92 Å². The SMILES string of the molecule is CC1CC(C)(C)CCC1OC(=O)C1CCC(C)(C)CC1C. The van der Waals surface area contributed by atoms with Gasteiger partial charge in [-0.2, -0.15) is 0 Å². The number of carbonyl (C=O) groups is 1. The molecule has 4 unspecified atom stereocenters. The van der Waals surface area contributed by atoms with Crippen molar-refractivity contribution in [3.63, 3.8) is 0 Å². The van der Waals surface area contributed by atoms with E-state index < -0.39 is 0 Å². The van der Waals surface area contributed by atoms with E-state index in [1.54, 1.807) is 0 Å². The predicted molar refractivity (Wildman–Crippen MR) is 87.0 cm³/mol. The van der Waals surface area contributed by atoms with Crippen molar-refractivity contribution in [2.45, 2.75) is 86.2 Å². The predicted octanol–water partition coefficient (Wildman–Crippen LogP) is 5.21. The Morgan fingerprint density at radius 2 is 1.43 bits per heavy atom. The van der Waals surface area contributed by atoms with Crippen LogP contribution in [0.3, 0.4) is 0 Å². The van der Waals surface area contributed by atoms with Crippen LogP contribution in [0.2, 0.25) is 0 Å². The van der Waals surface area contributed by atoms with Gasteiger partial charge < -0.3 is 4.74 Å². The third kappa shape index (κ3) is 4.23. The molecule has 2 nitrogen and oxygen atoms in total. The minimum absolute atomic E-state index is 0.0783. The Kier molecular flexibility index (Phi) is 4.75. The molecule has 2 aliphatic rings. The molecule has 0 aromatic heterocycles. The smallest absolute Gasteiger partial charge is 0.309 e. The average Bonchev–Trinajstić information content (AvgIpc) is 2.30. The van der Waals surface area contributed by atoms with Crippen molar-refractivity contribution in [2.75, 3.05) is 0 Å². The second-order valence-electron chi connectivity index (χ2n) is 9.35. The Morgan fingerprint density at radius 3 is 1.95 bits per heavy atom. The molecule has 0 amide bonds. The zero-order chi connectivity index (χ0) is 15.8. The summed E-state index contributed by atoms with van der Waals surface area (Å²) in [5.74, 6) is 1.15. The molecule has 122 valence electrons. The van der Waals surface area contributed by atoms with Crippen LogP contribution < -0.4 is 0 Å². The molecule has 0 aromatic carbocycles. The van der Waals surface area contributed by atoms with Crippen molar-refractivity contribution in [3.05, 3.63) is 0 Å². The first kappa shape index (κ1) is 16.8. The molecule has 4 atom stereocenters. The van der Waals surface area contributed by atoms with Crippen LogP contribution in [0.1, 0.15) is 80.1 Å². The lowest BCUT2D eigenvalue weighted by molar-refractivity contribution is -0.164. The zero-order valence-corrected chi connectivity index (χ0v) is 14.9. The van der Waals surface area contributed by atoms with Crippen LogP contribution >= 0.6 is 0 Å². The molecular weight excluding hydrogens is 260 g/mol. The Labute approximate surface area is 131 Å². The molecule has 2 rings (SSSR count). The van der Waals surface area contributed by atoms with E-state index in [1.165, 1.54) is 6.42 Å². The second-order valence-corrected chi connectivity index (χ2v) is 9.35. The standard InChI is InChI=1S/C19H34O2/c1-13-11-18(3,4)9-7-15(13)17(20)21-16-8-10-19(5,6)12-14(16)2/h13-16H,7-12H2,1-6H3. The summed E-state index contributed by atoms with van der Waals surface area (Å²) in [4.78, 5) is 12.6. The number of carbonyl (C=O) groups excluding carboxylic acids is 1. The van der Waals surface area contributed by atoms with Crippen molar-refractivity contribution in [1.29, 1.82) is 0 Å². The van der Waals surface area contributed by atoms with Crippen molar-refractivity contribution in [1.82, 2.24) is 0 Å². The Hall–Kier alpha value is -0.530. The van der Waals surface area contributed by atoms with Gasteiger partial charge >= 0.3 is 5.97 Å². The summed E-state index contributed by atoms with van der Waals surface area (Å²) in [6, 6.07) is 0. The number of esters is 1. The largest absolute Gasteiger partial charge is 0.462 e. The summed E-state index contributed by atoms with van der Waals surface area (Å²) in [6.07, 6.45) is 6.80. The van der Waals surface area contributed by atoms with Gasteiger partial charge in [0.25, 0.3) is 0 Å². The molecule has 0 heterocycles. The lowest BCUT2D eigenvalue weighted by Crippen LogP contribution is -2.39. The van der Waals surface area contributed by atoms with Crippen LogP contribution in [0.15, 0.2) is 0 Å². The van der Waals surface area contributed by atoms with Crippen LogP contribution in [0, 0.1) is 28.6 Å². The van der Waals surface area contributed by atoms with Gasteiger partial charge in [-0.1, -0.05) is 41.5 Å². The summed E-state index contributed by atoms with van der Waals surface area (Å²) >= 11 is 0. The van der Waals surface area contributed by atoms with Crippen LogP contribution in [-0.4, -0.2) is 12.1 Å². The molecule has 2 aliphatic carbocycles. The molecule has 0 saturated heterocycles. The van der Waals surface area contributed by atoms with Gasteiger partial charge in [0, 0.05) is 0 Å². The number of ether oxygens (including phenoxy) is 1. The molecule has 2 heteroatoms. The van der Waals surface area contributed by atoms with Crippen molar-refractivity contribution < 1.29 is 9.53 Å². The van der Waals surface area contributed by atoms with Crippen molar-refractivity contribution in [3.8, 4) is 0 Å². The Balaban J connectivity index is 1.90. The highest BCUT2D eigenvalue weighted by molar-refractivity contribution is 5.73. The third-order valence-electron chi connectivity index (χ3n) is 5.88. The highest BCUT2D eigenvalue weighted by atomic mass is 16.5. The van der Waals surface area contributed by atoms with Crippen LogP contribution in [0.25, 0.3) is 0 Å². The maximum atomic E-state index is 12.6. The molecule has 0 spiro atoms. The fourth-order valence-electron chi connectivity index (χ4n) is 4.63. The first-order valence-corrected chi connectivity index (χ1v) is 8.80. The number of hydrogen-bond acceptors (Lipinski definition) is 2. The van der Waals surface area contributed by atoms with Crippen molar-refractivity contribution in [2.24, 2.45) is 28.6 Å². The summed E-state index contributed by atoms with van der Waals surface area (Å²) in [5, 5.41) is 0. The molecule has 0 radical (unpaired) electrons. The lowest BCUT2D eigenvalue weighted by Gasteiger charge is -2.41. The zero-order valence-electron chi connectivity index (χ0n) is 14.9. The molecule has 2 saturated carbocycles. The fourth-order valence-corrected chi connectivity index (χ4v) is 4.63. The van der Waals surface area contributed by atoms with E-state index in [0.29, 0.717) is 22.7 Å². The summed E-state index contributed by atoms with van der Waals surface area (Å²) in [6.45, 7) is 13.7. The van der Waals surface area contributed by atoms with Gasteiger partial charge in [-0.15, -0.1) is 0 Å². The third-order valence-corrected chi connectivity index (χ3v) is 5.88. The highest BCUT2D eigenvalue weighted by Crippen LogP contribution is 2.43. The first-order chi connectivity index (χ1) is 9.60. The molecule has 0 aliphatic heterocycles. The molecule has 2 fully saturated rings. The van der Waals surface area contributed by atoms with Crippen molar-refractivity contribution >= 4 is 5.97 Å². The van der Waals surface area contributed by atoms with Gasteiger partial charge in [0.2, 0.25) is 0 Å². The number of rotatable bonds is 2. The summed E-state index contributed by atoms with van der Waals surface area (Å²) < 4.78 is 5.94. The van der Waals surface area contributed by atoms with Gasteiger partial charge in [-0.25, -0.2) is 0 Å². The van der Waals surface area contributed by atoms with Crippen LogP contribution in [0.5, 0.6) is 0 Å². The van der Waals surface area contributed by atoms with Crippen LogP contribution in [0.4, 0.5) is 0 Å². The average molecular weight is 294 g/mol. The summed E-state index contributed by atoms with van der Waals surface area (Å²) in [7, 11) is 0. The second kappa shape index (κ2) is 5.93. The minimum Gasteiger partial charge on any atom is -0.462 e. The lowest BCUT2D eigenvalue weighted by atomic mass is 9.67. The van der Waals surface area contributed by atoms with E-state index in [1.807, 2.05) is 0 Å². The van der Waals surface area contributed by atoms with E-state index in [2.05, 4.69) is 41.5 Å². The molecular formula is C19H34O2. The van der Waals surface area contributed by atoms with E-state index in [9.17, 15) is 4.79 Å². The maximum absolute atomic E-state index is 12.6. The maximum Gasteiger partial charge on any atom is 0.309 e. The Bertz CT molecular complexity index is 383. The Morgan fingerprint density at radius 1 is 0.905 bits per heavy atom. The van der Waals surface area contributed by atoms with E-state index in [4.69, 9.17) is 4.74 Å². The van der Waals surface area contributed by atoms with E-state index in [-0.39, 0.29) is 18.0 Å². The molecule has 21 heavy (non-hydrogen) atoms. The first-order valence-electron chi connectivity index (χ1n) is 8.80. The van der Waals surface area contributed by atoms with Gasteiger partial charge in [0.1, 0.15) is 6.10 Å². The fraction of sp³-hybridized carbons (Fsp3) is 0.947. The van der Waals surface area contributed by atoms with E-state index >= 15 is 0 Å². The van der Waals surface area contributed by atoms with E-state index in [0.717, 1.165) is 32.1 Å². The highest BCUT2D eigenvalue weighted by Gasteiger charge is 2.40. The van der Waals surface area contributed by atoms with Gasteiger partial charge in [0.15, 0.2) is 0 Å². The molecule has 0 aromatic rings. The topological polar surface area (TPSA) is 26.3 Å². The monoisotopic (exact) mass is 294 g/mol. The van der Waals surface area contributed by atoms with Gasteiger partial charge in [-0.3, -0.25) is 4.79 Å². The quantitative estimate of drug-likeness (QED) is 0.654. The summed E-state index contributed by atoms with van der Waals surface area (Å²) in [5.41, 5.74) is 0.794. The van der Waals surface area contributed by atoms with Crippen LogP contribution in [-0.2, 0) is 9.53 Å². The number of hydrogen-bond donors (Lipinski definition) is 0. The molecule has 0 N–H and O–H groups in total. The normalized spacial score (nSPS) is 38.8. The molecule has 0 bridgehead atoms.